The molecule has 0 radical (unpaired) electrons. The standard InChI is InChI=1S/C19H18N4O.CH2O2/c1-13-2-4-14(5-3-13)12-24-18-9-7-15(10-23-18)17-8-6-16(11-22-17)19(20)21;2-1-3/h2-11H,12H2,1H3,(H3,20,21);1H,(H,2,3). The first-order valence-electron chi connectivity index (χ1n) is 8.06. The molecule has 0 saturated heterocycles. The lowest BCUT2D eigenvalue weighted by atomic mass is 10.1. The van der Waals surface area contributed by atoms with Gasteiger partial charge in [-0.05, 0) is 30.7 Å². The fraction of sp³-hybridized carbons (Fsp3) is 0.100. The van der Waals surface area contributed by atoms with Gasteiger partial charge in [-0.2, -0.15) is 0 Å². The maximum absolute atomic E-state index is 8.36. The van der Waals surface area contributed by atoms with Crippen molar-refractivity contribution >= 4 is 12.3 Å². The van der Waals surface area contributed by atoms with Gasteiger partial charge < -0.3 is 15.6 Å². The molecular weight excluding hydrogens is 344 g/mol. The smallest absolute Gasteiger partial charge is 0.290 e. The number of hydrogen-bond acceptors (Lipinski definition) is 5. The predicted molar refractivity (Wildman–Crippen MR) is 103 cm³/mol. The lowest BCUT2D eigenvalue weighted by molar-refractivity contribution is -0.122. The van der Waals surface area contributed by atoms with Gasteiger partial charge in [-0.15, -0.1) is 0 Å². The van der Waals surface area contributed by atoms with Crippen molar-refractivity contribution in [2.24, 2.45) is 5.73 Å². The van der Waals surface area contributed by atoms with Gasteiger partial charge in [-0.3, -0.25) is 15.2 Å². The van der Waals surface area contributed by atoms with E-state index < -0.39 is 0 Å². The van der Waals surface area contributed by atoms with Gasteiger partial charge in [0, 0.05) is 29.6 Å². The summed E-state index contributed by atoms with van der Waals surface area (Å²) in [6, 6.07) is 15.5. The van der Waals surface area contributed by atoms with Crippen LogP contribution < -0.4 is 10.5 Å². The molecule has 0 aliphatic carbocycles. The number of carbonyl (C=O) groups is 1. The third-order valence-electron chi connectivity index (χ3n) is 3.61. The molecule has 0 saturated carbocycles. The summed E-state index contributed by atoms with van der Waals surface area (Å²) in [5.74, 6) is 0.576. The summed E-state index contributed by atoms with van der Waals surface area (Å²) in [6.45, 7) is 2.29. The van der Waals surface area contributed by atoms with Gasteiger partial charge in [0.05, 0.1) is 5.69 Å². The minimum Gasteiger partial charge on any atom is -0.483 e. The van der Waals surface area contributed by atoms with E-state index in [2.05, 4.69) is 29.0 Å². The predicted octanol–water partition coefficient (Wildman–Crippen LogP) is 3.02. The van der Waals surface area contributed by atoms with Gasteiger partial charge in [0.15, 0.2) is 0 Å². The molecule has 4 N–H and O–H groups in total. The van der Waals surface area contributed by atoms with E-state index in [0.29, 0.717) is 18.1 Å². The fourth-order valence-corrected chi connectivity index (χ4v) is 2.18. The average Bonchev–Trinajstić information content (AvgIpc) is 2.69. The van der Waals surface area contributed by atoms with E-state index in [0.717, 1.165) is 16.8 Å². The van der Waals surface area contributed by atoms with Crippen molar-refractivity contribution < 1.29 is 14.6 Å². The van der Waals surface area contributed by atoms with E-state index >= 15 is 0 Å². The Labute approximate surface area is 157 Å². The minimum atomic E-state index is -0.250. The maximum atomic E-state index is 8.36. The lowest BCUT2D eigenvalue weighted by Gasteiger charge is -2.07. The molecule has 0 amide bonds. The van der Waals surface area contributed by atoms with Crippen LogP contribution in [0.3, 0.4) is 0 Å². The molecule has 0 aliphatic rings. The van der Waals surface area contributed by atoms with Crippen molar-refractivity contribution in [1.82, 2.24) is 9.97 Å². The highest BCUT2D eigenvalue weighted by molar-refractivity contribution is 5.94. The van der Waals surface area contributed by atoms with Crippen LogP contribution in [0.5, 0.6) is 5.88 Å². The highest BCUT2D eigenvalue weighted by Crippen LogP contribution is 2.19. The molecule has 7 heteroatoms. The zero-order valence-corrected chi connectivity index (χ0v) is 14.8. The molecule has 7 nitrogen and oxygen atoms in total. The molecule has 3 rings (SSSR count). The molecule has 27 heavy (non-hydrogen) atoms. The Morgan fingerprint density at radius 3 is 2.33 bits per heavy atom. The number of amidine groups is 1. The molecule has 3 aromatic rings. The highest BCUT2D eigenvalue weighted by atomic mass is 16.5. The summed E-state index contributed by atoms with van der Waals surface area (Å²) in [6.07, 6.45) is 3.31. The number of rotatable bonds is 5. The van der Waals surface area contributed by atoms with E-state index in [4.69, 9.17) is 25.8 Å². The Kier molecular flexibility index (Phi) is 7.01. The maximum Gasteiger partial charge on any atom is 0.290 e. The molecule has 2 aromatic heterocycles. The number of carboxylic acid groups (broad SMARTS) is 1. The van der Waals surface area contributed by atoms with Crippen LogP contribution in [0, 0.1) is 12.3 Å². The van der Waals surface area contributed by atoms with Crippen LogP contribution in [0.1, 0.15) is 16.7 Å². The summed E-state index contributed by atoms with van der Waals surface area (Å²) in [5.41, 5.74) is 10.0. The van der Waals surface area contributed by atoms with Gasteiger partial charge >= 0.3 is 0 Å². The van der Waals surface area contributed by atoms with Crippen LogP contribution >= 0.6 is 0 Å². The zero-order chi connectivity index (χ0) is 19.6. The normalized spacial score (nSPS) is 9.67. The van der Waals surface area contributed by atoms with Crippen molar-refractivity contribution in [3.05, 3.63) is 77.6 Å². The van der Waals surface area contributed by atoms with Gasteiger partial charge in [-0.25, -0.2) is 4.98 Å². The topological polar surface area (TPSA) is 122 Å². The minimum absolute atomic E-state index is 0.00651. The average molecular weight is 364 g/mol. The van der Waals surface area contributed by atoms with Crippen LogP contribution in [0.15, 0.2) is 60.9 Å². The van der Waals surface area contributed by atoms with Gasteiger partial charge in [0.2, 0.25) is 5.88 Å². The number of nitrogens with one attached hydrogen (secondary N) is 1. The third-order valence-corrected chi connectivity index (χ3v) is 3.61. The largest absolute Gasteiger partial charge is 0.483 e. The SMILES string of the molecule is Cc1ccc(COc2ccc(-c3ccc(C(=N)N)cn3)cn2)cc1.O=CO. The van der Waals surface area contributed by atoms with Gasteiger partial charge in [0.25, 0.3) is 6.47 Å². The van der Waals surface area contributed by atoms with Crippen molar-refractivity contribution in [3.63, 3.8) is 0 Å². The summed E-state index contributed by atoms with van der Waals surface area (Å²) in [5, 5.41) is 14.3. The van der Waals surface area contributed by atoms with Gasteiger partial charge in [0.1, 0.15) is 12.4 Å². The first-order chi connectivity index (χ1) is 13.0. The Morgan fingerprint density at radius 2 is 1.81 bits per heavy atom. The molecule has 0 bridgehead atoms. The molecule has 0 aliphatic heterocycles. The monoisotopic (exact) mass is 364 g/mol. The van der Waals surface area contributed by atoms with Crippen LogP contribution in [0.2, 0.25) is 0 Å². The van der Waals surface area contributed by atoms with Gasteiger partial charge in [-0.1, -0.05) is 29.8 Å². The number of nitrogen functional groups attached to an aromatic ring is 1. The summed E-state index contributed by atoms with van der Waals surface area (Å²) in [4.78, 5) is 17.0. The number of aromatic nitrogens is 2. The van der Waals surface area contributed by atoms with Crippen LogP contribution in [0.4, 0.5) is 0 Å². The number of benzene rings is 1. The van der Waals surface area contributed by atoms with Crippen molar-refractivity contribution in [1.29, 1.82) is 5.41 Å². The number of pyridine rings is 2. The Hall–Kier alpha value is -3.74. The quantitative estimate of drug-likeness (QED) is 0.363. The van der Waals surface area contributed by atoms with E-state index in [1.165, 1.54) is 5.56 Å². The molecule has 1 aromatic carbocycles. The lowest BCUT2D eigenvalue weighted by Crippen LogP contribution is -2.11. The number of nitrogens with two attached hydrogens (primary N) is 1. The van der Waals surface area contributed by atoms with Crippen LogP contribution in [-0.4, -0.2) is 27.4 Å². The van der Waals surface area contributed by atoms with Crippen LogP contribution in [-0.2, 0) is 11.4 Å². The van der Waals surface area contributed by atoms with E-state index in [1.807, 2.05) is 30.3 Å². The Balaban J connectivity index is 0.000000817. The highest BCUT2D eigenvalue weighted by Gasteiger charge is 2.03. The molecular formula is C20H20N4O3. The van der Waals surface area contributed by atoms with E-state index in [9.17, 15) is 0 Å². The van der Waals surface area contributed by atoms with E-state index in [-0.39, 0.29) is 12.3 Å². The van der Waals surface area contributed by atoms with Crippen molar-refractivity contribution in [2.45, 2.75) is 13.5 Å². The van der Waals surface area contributed by atoms with Crippen LogP contribution in [0.25, 0.3) is 11.3 Å². The molecule has 2 heterocycles. The number of hydrogen-bond donors (Lipinski definition) is 3. The fourth-order valence-electron chi connectivity index (χ4n) is 2.18. The number of ether oxygens (including phenoxy) is 1. The van der Waals surface area contributed by atoms with Crippen molar-refractivity contribution in [2.75, 3.05) is 0 Å². The molecule has 0 spiro atoms. The third kappa shape index (κ3) is 5.93. The molecule has 0 unspecified atom stereocenters. The molecule has 0 fully saturated rings. The Bertz CT molecular complexity index is 877. The number of aryl methyl sites for hydroxylation is 1. The number of nitrogens with zero attached hydrogens (tertiary/aromatic N) is 2. The molecule has 0 atom stereocenters. The summed E-state index contributed by atoms with van der Waals surface area (Å²) in [7, 11) is 0. The van der Waals surface area contributed by atoms with E-state index in [1.54, 1.807) is 18.5 Å². The second-order valence-electron chi connectivity index (χ2n) is 5.61. The second kappa shape index (κ2) is 9.67. The van der Waals surface area contributed by atoms with Crippen molar-refractivity contribution in [3.8, 4) is 17.1 Å². The molecule has 138 valence electrons. The zero-order valence-electron chi connectivity index (χ0n) is 14.8. The summed E-state index contributed by atoms with van der Waals surface area (Å²) >= 11 is 0. The first-order valence-corrected chi connectivity index (χ1v) is 8.06. The second-order valence-corrected chi connectivity index (χ2v) is 5.61. The Morgan fingerprint density at radius 1 is 1.11 bits per heavy atom. The summed E-state index contributed by atoms with van der Waals surface area (Å²) < 4.78 is 5.70. The first kappa shape index (κ1) is 19.6.